The van der Waals surface area contributed by atoms with E-state index in [0.29, 0.717) is 0 Å². The number of nitrogens with zero attached hydrogens (tertiary/aromatic N) is 2. The van der Waals surface area contributed by atoms with Crippen LogP contribution >= 0.6 is 0 Å². The zero-order valence-electron chi connectivity index (χ0n) is 16.1. The molecule has 0 bridgehead atoms. The third-order valence-electron chi connectivity index (χ3n) is 5.23. The molecule has 1 aromatic heterocycles. The van der Waals surface area contributed by atoms with E-state index in [2.05, 4.69) is 52.6 Å². The Kier molecular flexibility index (Phi) is 5.53. The third kappa shape index (κ3) is 4.49. The Hall–Kier alpha value is -2.92. The molecule has 28 heavy (non-hydrogen) atoms. The smallest absolute Gasteiger partial charge is 0.228 e. The minimum absolute atomic E-state index is 0.0109. The Morgan fingerprint density at radius 2 is 2.00 bits per heavy atom. The topological polar surface area (TPSA) is 58.4 Å². The van der Waals surface area contributed by atoms with Gasteiger partial charge < -0.3 is 9.84 Å². The summed E-state index contributed by atoms with van der Waals surface area (Å²) in [4.78, 5) is 15.1. The molecule has 144 valence electrons. The van der Waals surface area contributed by atoms with Crippen LogP contribution in [0.4, 0.5) is 5.69 Å². The summed E-state index contributed by atoms with van der Waals surface area (Å²) in [5.74, 6) is 0.0783. The molecule has 5 nitrogen and oxygen atoms in total. The number of nitrogens with one attached hydrogen (secondary N) is 1. The molecule has 0 saturated carbocycles. The molecule has 1 aliphatic heterocycles. The molecule has 4 rings (SSSR count). The number of aryl methyl sites for hydroxylation is 1. The minimum atomic E-state index is -0.0109. The first-order valence-electron chi connectivity index (χ1n) is 9.77. The highest BCUT2D eigenvalue weighted by Crippen LogP contribution is 2.25. The van der Waals surface area contributed by atoms with Crippen molar-refractivity contribution in [3.8, 4) is 11.1 Å². The van der Waals surface area contributed by atoms with Crippen molar-refractivity contribution < 1.29 is 9.32 Å². The summed E-state index contributed by atoms with van der Waals surface area (Å²) >= 11 is 0. The number of likely N-dealkylation sites (tertiary alicyclic amines) is 1. The number of hydrogen-bond acceptors (Lipinski definition) is 4. The van der Waals surface area contributed by atoms with E-state index in [1.807, 2.05) is 24.3 Å². The molecular formula is C23H25N3O2. The Morgan fingerprint density at radius 3 is 2.79 bits per heavy atom. The van der Waals surface area contributed by atoms with Crippen molar-refractivity contribution in [1.82, 2.24) is 10.1 Å². The molecule has 0 radical (unpaired) electrons. The summed E-state index contributed by atoms with van der Waals surface area (Å²) in [5, 5.41) is 7.09. The number of hydrogen-bond donors (Lipinski definition) is 1. The van der Waals surface area contributed by atoms with E-state index >= 15 is 0 Å². The summed E-state index contributed by atoms with van der Waals surface area (Å²) < 4.78 is 4.91. The van der Waals surface area contributed by atoms with Gasteiger partial charge in [0.15, 0.2) is 0 Å². The van der Waals surface area contributed by atoms with E-state index in [1.54, 1.807) is 6.26 Å². The van der Waals surface area contributed by atoms with Crippen molar-refractivity contribution in [3.05, 3.63) is 72.1 Å². The third-order valence-corrected chi connectivity index (χ3v) is 5.23. The number of aromatic nitrogens is 1. The van der Waals surface area contributed by atoms with E-state index in [1.165, 1.54) is 5.56 Å². The lowest BCUT2D eigenvalue weighted by atomic mass is 9.96. The maximum atomic E-state index is 12.8. The molecule has 1 unspecified atom stereocenters. The van der Waals surface area contributed by atoms with Crippen LogP contribution in [0.2, 0.25) is 0 Å². The maximum absolute atomic E-state index is 12.8. The van der Waals surface area contributed by atoms with E-state index in [4.69, 9.17) is 4.52 Å². The number of carbonyl (C=O) groups excluding carboxylic acids is 1. The fourth-order valence-corrected chi connectivity index (χ4v) is 3.81. The average molecular weight is 375 g/mol. The molecular weight excluding hydrogens is 350 g/mol. The fraction of sp³-hybridized carbons (Fsp3) is 0.304. The Bertz CT molecular complexity index is 937. The van der Waals surface area contributed by atoms with Gasteiger partial charge in [0.25, 0.3) is 0 Å². The van der Waals surface area contributed by atoms with Crippen LogP contribution in [0.15, 0.2) is 65.4 Å². The monoisotopic (exact) mass is 375 g/mol. The number of piperidine rings is 1. The standard InChI is InChI=1S/C23H25N3O2/c1-17-5-2-6-18(13-17)19-7-3-9-21(14-19)24-23(27)20-8-4-11-26(15-20)16-22-10-12-28-25-22/h2-3,5-7,9-10,12-14,20H,4,8,11,15-16H2,1H3,(H,24,27). The van der Waals surface area contributed by atoms with Crippen LogP contribution in [0.5, 0.6) is 0 Å². The summed E-state index contributed by atoms with van der Waals surface area (Å²) in [6.45, 7) is 4.54. The first-order valence-corrected chi connectivity index (χ1v) is 9.77. The Morgan fingerprint density at radius 1 is 1.18 bits per heavy atom. The van der Waals surface area contributed by atoms with Crippen LogP contribution in [0.3, 0.4) is 0 Å². The van der Waals surface area contributed by atoms with Gasteiger partial charge in [-0.2, -0.15) is 0 Å². The van der Waals surface area contributed by atoms with Crippen molar-refractivity contribution in [1.29, 1.82) is 0 Å². The van der Waals surface area contributed by atoms with Crippen molar-refractivity contribution in [2.75, 3.05) is 18.4 Å². The van der Waals surface area contributed by atoms with Crippen molar-refractivity contribution in [2.45, 2.75) is 26.3 Å². The van der Waals surface area contributed by atoms with Crippen LogP contribution in [0.25, 0.3) is 11.1 Å². The first kappa shape index (κ1) is 18.4. The lowest BCUT2D eigenvalue weighted by Crippen LogP contribution is -2.40. The second-order valence-electron chi connectivity index (χ2n) is 7.50. The molecule has 2 heterocycles. The van der Waals surface area contributed by atoms with Crippen LogP contribution in [0.1, 0.15) is 24.1 Å². The van der Waals surface area contributed by atoms with Gasteiger partial charge in [-0.1, -0.05) is 47.1 Å². The van der Waals surface area contributed by atoms with Gasteiger partial charge in [0.2, 0.25) is 5.91 Å². The first-order chi connectivity index (χ1) is 13.7. The van der Waals surface area contributed by atoms with Crippen LogP contribution in [-0.2, 0) is 11.3 Å². The lowest BCUT2D eigenvalue weighted by molar-refractivity contribution is -0.121. The summed E-state index contributed by atoms with van der Waals surface area (Å²) in [7, 11) is 0. The number of rotatable bonds is 5. The zero-order valence-corrected chi connectivity index (χ0v) is 16.1. The second-order valence-corrected chi connectivity index (χ2v) is 7.50. The molecule has 2 aromatic carbocycles. The predicted octanol–water partition coefficient (Wildman–Crippen LogP) is 4.50. The van der Waals surface area contributed by atoms with E-state index in [-0.39, 0.29) is 11.8 Å². The van der Waals surface area contributed by atoms with Crippen LogP contribution < -0.4 is 5.32 Å². The van der Waals surface area contributed by atoms with Gasteiger partial charge in [-0.15, -0.1) is 0 Å². The molecule has 1 aliphatic rings. The Balaban J connectivity index is 1.41. The summed E-state index contributed by atoms with van der Waals surface area (Å²) in [6.07, 6.45) is 3.52. The molecule has 0 spiro atoms. The average Bonchev–Trinajstić information content (AvgIpc) is 3.21. The van der Waals surface area contributed by atoms with Gasteiger partial charge in [-0.05, 0) is 49.6 Å². The van der Waals surface area contributed by atoms with Crippen LogP contribution in [-0.4, -0.2) is 29.1 Å². The van der Waals surface area contributed by atoms with Gasteiger partial charge in [0, 0.05) is 24.8 Å². The lowest BCUT2D eigenvalue weighted by Gasteiger charge is -2.31. The highest BCUT2D eigenvalue weighted by atomic mass is 16.5. The summed E-state index contributed by atoms with van der Waals surface area (Å²) in [6, 6.07) is 18.3. The molecule has 1 saturated heterocycles. The van der Waals surface area contributed by atoms with E-state index < -0.39 is 0 Å². The van der Waals surface area contributed by atoms with Gasteiger partial charge in [0.1, 0.15) is 6.26 Å². The van der Waals surface area contributed by atoms with Gasteiger partial charge >= 0.3 is 0 Å². The quantitative estimate of drug-likeness (QED) is 0.713. The number of benzene rings is 2. The van der Waals surface area contributed by atoms with Crippen LogP contribution in [0, 0.1) is 12.8 Å². The van der Waals surface area contributed by atoms with Gasteiger partial charge in [-0.3, -0.25) is 9.69 Å². The fourth-order valence-electron chi connectivity index (χ4n) is 3.81. The maximum Gasteiger partial charge on any atom is 0.228 e. The number of anilines is 1. The predicted molar refractivity (Wildman–Crippen MR) is 110 cm³/mol. The highest BCUT2D eigenvalue weighted by Gasteiger charge is 2.26. The number of carbonyl (C=O) groups is 1. The Labute approximate surface area is 165 Å². The minimum Gasteiger partial charge on any atom is -0.364 e. The summed E-state index contributed by atoms with van der Waals surface area (Å²) in [5.41, 5.74) is 5.25. The molecule has 1 N–H and O–H groups in total. The molecule has 1 amide bonds. The largest absolute Gasteiger partial charge is 0.364 e. The second kappa shape index (κ2) is 8.40. The molecule has 1 fully saturated rings. The van der Waals surface area contributed by atoms with Crippen molar-refractivity contribution in [3.63, 3.8) is 0 Å². The SMILES string of the molecule is Cc1cccc(-c2cccc(NC(=O)C3CCCN(Cc4ccon4)C3)c2)c1. The zero-order chi connectivity index (χ0) is 19.3. The molecule has 3 aromatic rings. The molecule has 5 heteroatoms. The molecule has 1 atom stereocenters. The van der Waals surface area contributed by atoms with E-state index in [9.17, 15) is 4.79 Å². The van der Waals surface area contributed by atoms with Gasteiger partial charge in [-0.25, -0.2) is 0 Å². The normalized spacial score (nSPS) is 17.4. The highest BCUT2D eigenvalue weighted by molar-refractivity contribution is 5.93. The van der Waals surface area contributed by atoms with Crippen molar-refractivity contribution in [2.24, 2.45) is 5.92 Å². The molecule has 0 aliphatic carbocycles. The van der Waals surface area contributed by atoms with E-state index in [0.717, 1.165) is 55.0 Å². The van der Waals surface area contributed by atoms with Gasteiger partial charge in [0.05, 0.1) is 11.6 Å². The van der Waals surface area contributed by atoms with Crippen molar-refractivity contribution >= 4 is 11.6 Å². The number of amides is 1.